The minimum Gasteiger partial charge on any atom is -0.508 e. The Balaban J connectivity index is 1.86. The van der Waals surface area contributed by atoms with Crippen molar-refractivity contribution in [2.24, 2.45) is 17.1 Å². The maximum absolute atomic E-state index is 12.3. The Morgan fingerprint density at radius 2 is 2.05 bits per heavy atom. The van der Waals surface area contributed by atoms with Crippen LogP contribution in [0.1, 0.15) is 25.3 Å². The summed E-state index contributed by atoms with van der Waals surface area (Å²) < 4.78 is 0. The minimum absolute atomic E-state index is 0.0538. The fourth-order valence-corrected chi connectivity index (χ4v) is 3.04. The van der Waals surface area contributed by atoms with E-state index in [0.29, 0.717) is 17.5 Å². The molecule has 1 aromatic carbocycles. The average molecular weight is 292 g/mol. The van der Waals surface area contributed by atoms with E-state index in [9.17, 15) is 9.90 Å². The van der Waals surface area contributed by atoms with Crippen LogP contribution in [0.3, 0.4) is 0 Å². The zero-order chi connectivity index (χ0) is 14.8. The van der Waals surface area contributed by atoms with E-state index in [1.807, 2.05) is 12.1 Å². The van der Waals surface area contributed by atoms with E-state index in [1.165, 1.54) is 0 Å². The molecule has 0 unspecified atom stereocenters. The second kappa shape index (κ2) is 5.79. The lowest BCUT2D eigenvalue weighted by Gasteiger charge is -2.44. The van der Waals surface area contributed by atoms with Gasteiger partial charge in [-0.25, -0.2) is 0 Å². The van der Waals surface area contributed by atoms with E-state index in [4.69, 9.17) is 18.0 Å². The van der Waals surface area contributed by atoms with E-state index in [2.05, 4.69) is 12.2 Å². The molecule has 4 nitrogen and oxygen atoms in total. The fraction of sp³-hybridized carbons (Fsp3) is 0.467. The monoisotopic (exact) mass is 292 g/mol. The molecule has 0 atom stereocenters. The van der Waals surface area contributed by atoms with Gasteiger partial charge in [-0.05, 0) is 42.9 Å². The van der Waals surface area contributed by atoms with Crippen molar-refractivity contribution >= 4 is 23.1 Å². The van der Waals surface area contributed by atoms with Gasteiger partial charge in [0.15, 0.2) is 0 Å². The van der Waals surface area contributed by atoms with E-state index < -0.39 is 5.41 Å². The van der Waals surface area contributed by atoms with Crippen LogP contribution < -0.4 is 11.1 Å². The van der Waals surface area contributed by atoms with Gasteiger partial charge in [0.25, 0.3) is 0 Å². The molecule has 0 heterocycles. The van der Waals surface area contributed by atoms with E-state index in [-0.39, 0.29) is 11.7 Å². The molecular weight excluding hydrogens is 272 g/mol. The number of carbonyl (C=O) groups is 1. The topological polar surface area (TPSA) is 75.3 Å². The van der Waals surface area contributed by atoms with Crippen LogP contribution in [0.25, 0.3) is 0 Å². The quantitative estimate of drug-likeness (QED) is 0.723. The van der Waals surface area contributed by atoms with Crippen LogP contribution in [-0.2, 0) is 11.2 Å². The van der Waals surface area contributed by atoms with Gasteiger partial charge >= 0.3 is 0 Å². The summed E-state index contributed by atoms with van der Waals surface area (Å²) in [6, 6.07) is 6.97. The van der Waals surface area contributed by atoms with Crippen LogP contribution in [0.5, 0.6) is 5.75 Å². The van der Waals surface area contributed by atoms with Crippen LogP contribution in [0.15, 0.2) is 24.3 Å². The van der Waals surface area contributed by atoms with Crippen LogP contribution in [0.2, 0.25) is 0 Å². The molecular formula is C15H20N2O2S. The third-order valence-corrected chi connectivity index (χ3v) is 4.33. The summed E-state index contributed by atoms with van der Waals surface area (Å²) in [5.41, 5.74) is 6.17. The van der Waals surface area contributed by atoms with Crippen molar-refractivity contribution in [2.45, 2.75) is 26.2 Å². The summed E-state index contributed by atoms with van der Waals surface area (Å²) in [5.74, 6) is 0.690. The standard InChI is InChI=1S/C15H20N2O2S/c1-10-8-15(9-10,13(16)20)14(19)17-7-6-11-2-4-12(18)5-3-11/h2-5,10,18H,6-9H2,1H3,(H2,16,20)(H,17,19). The Labute approximate surface area is 124 Å². The van der Waals surface area contributed by atoms with Crippen molar-refractivity contribution in [3.63, 3.8) is 0 Å². The van der Waals surface area contributed by atoms with E-state index in [0.717, 1.165) is 24.8 Å². The first-order valence-electron chi connectivity index (χ1n) is 6.80. The predicted octanol–water partition coefficient (Wildman–Crippen LogP) is 1.75. The van der Waals surface area contributed by atoms with Crippen LogP contribution >= 0.6 is 12.2 Å². The number of hydrogen-bond donors (Lipinski definition) is 3. The smallest absolute Gasteiger partial charge is 0.233 e. The summed E-state index contributed by atoms with van der Waals surface area (Å²) in [7, 11) is 0. The third-order valence-electron chi connectivity index (χ3n) is 3.94. The number of phenolic OH excluding ortho intramolecular Hbond substituents is 1. The van der Waals surface area contributed by atoms with Crippen molar-refractivity contribution in [3.05, 3.63) is 29.8 Å². The largest absolute Gasteiger partial charge is 0.508 e. The van der Waals surface area contributed by atoms with Gasteiger partial charge in [0.1, 0.15) is 5.75 Å². The number of benzene rings is 1. The Morgan fingerprint density at radius 3 is 2.55 bits per heavy atom. The van der Waals surface area contributed by atoms with Gasteiger partial charge in [-0.2, -0.15) is 0 Å². The number of aromatic hydroxyl groups is 1. The highest BCUT2D eigenvalue weighted by Crippen LogP contribution is 2.45. The number of rotatable bonds is 5. The Morgan fingerprint density at radius 1 is 1.45 bits per heavy atom. The number of nitrogens with one attached hydrogen (secondary N) is 1. The number of hydrogen-bond acceptors (Lipinski definition) is 3. The Bertz CT molecular complexity index is 507. The Hall–Kier alpha value is -1.62. The molecule has 1 amide bonds. The second-order valence-corrected chi connectivity index (χ2v) is 6.07. The van der Waals surface area contributed by atoms with Gasteiger partial charge in [0.05, 0.1) is 10.4 Å². The summed E-state index contributed by atoms with van der Waals surface area (Å²) in [6.07, 6.45) is 2.20. The highest BCUT2D eigenvalue weighted by molar-refractivity contribution is 7.80. The predicted molar refractivity (Wildman–Crippen MR) is 82.4 cm³/mol. The summed E-state index contributed by atoms with van der Waals surface area (Å²) in [5, 5.41) is 12.1. The molecule has 1 fully saturated rings. The first-order valence-corrected chi connectivity index (χ1v) is 7.21. The lowest BCUT2D eigenvalue weighted by Crippen LogP contribution is -2.56. The van der Waals surface area contributed by atoms with Gasteiger partial charge < -0.3 is 16.2 Å². The molecule has 0 radical (unpaired) electrons. The number of carbonyl (C=O) groups excluding carboxylic acids is 1. The highest BCUT2D eigenvalue weighted by Gasteiger charge is 2.50. The molecule has 20 heavy (non-hydrogen) atoms. The lowest BCUT2D eigenvalue weighted by atomic mass is 9.62. The highest BCUT2D eigenvalue weighted by atomic mass is 32.1. The number of thiocarbonyl (C=S) groups is 1. The van der Waals surface area contributed by atoms with Crippen LogP contribution in [-0.4, -0.2) is 22.5 Å². The molecule has 1 aromatic rings. The first-order chi connectivity index (χ1) is 9.44. The van der Waals surface area contributed by atoms with E-state index >= 15 is 0 Å². The minimum atomic E-state index is -0.635. The number of amides is 1. The Kier molecular flexibility index (Phi) is 4.28. The SMILES string of the molecule is CC1CC(C(=O)NCCc2ccc(O)cc2)(C(N)=S)C1. The van der Waals surface area contributed by atoms with Crippen LogP contribution in [0, 0.1) is 11.3 Å². The van der Waals surface area contributed by atoms with Gasteiger partial charge in [-0.1, -0.05) is 31.3 Å². The van der Waals surface area contributed by atoms with Gasteiger partial charge in [-0.3, -0.25) is 4.79 Å². The van der Waals surface area contributed by atoms with Gasteiger partial charge in [0, 0.05) is 6.54 Å². The molecule has 0 aromatic heterocycles. The molecule has 5 heteroatoms. The normalized spacial score (nSPS) is 24.8. The second-order valence-electron chi connectivity index (χ2n) is 5.63. The molecule has 2 rings (SSSR count). The maximum Gasteiger partial charge on any atom is 0.233 e. The average Bonchev–Trinajstić information content (AvgIpc) is 2.36. The molecule has 1 aliphatic rings. The molecule has 1 saturated carbocycles. The summed E-state index contributed by atoms with van der Waals surface area (Å²) >= 11 is 5.06. The molecule has 1 aliphatic carbocycles. The van der Waals surface area contributed by atoms with Crippen molar-refractivity contribution in [1.82, 2.24) is 5.32 Å². The van der Waals surface area contributed by atoms with Gasteiger partial charge in [-0.15, -0.1) is 0 Å². The number of nitrogens with two attached hydrogens (primary N) is 1. The van der Waals surface area contributed by atoms with Gasteiger partial charge in [0.2, 0.25) is 5.91 Å². The zero-order valence-electron chi connectivity index (χ0n) is 11.6. The molecule has 0 saturated heterocycles. The zero-order valence-corrected chi connectivity index (χ0v) is 12.4. The van der Waals surface area contributed by atoms with E-state index in [1.54, 1.807) is 12.1 Å². The summed E-state index contributed by atoms with van der Waals surface area (Å²) in [4.78, 5) is 12.6. The van der Waals surface area contributed by atoms with Crippen molar-refractivity contribution in [3.8, 4) is 5.75 Å². The van der Waals surface area contributed by atoms with Crippen molar-refractivity contribution in [2.75, 3.05) is 6.54 Å². The molecule has 4 N–H and O–H groups in total. The van der Waals surface area contributed by atoms with Crippen LogP contribution in [0.4, 0.5) is 0 Å². The summed E-state index contributed by atoms with van der Waals surface area (Å²) in [6.45, 7) is 2.64. The molecule has 108 valence electrons. The third kappa shape index (κ3) is 2.93. The lowest BCUT2D eigenvalue weighted by molar-refractivity contribution is -0.132. The molecule has 0 spiro atoms. The fourth-order valence-electron chi connectivity index (χ4n) is 2.78. The maximum atomic E-state index is 12.3. The van der Waals surface area contributed by atoms with Crippen molar-refractivity contribution < 1.29 is 9.90 Å². The first kappa shape index (κ1) is 14.8. The van der Waals surface area contributed by atoms with Crippen molar-refractivity contribution in [1.29, 1.82) is 0 Å². The number of phenols is 1. The molecule has 0 aliphatic heterocycles. The molecule has 0 bridgehead atoms.